The number of rotatable bonds is 4. The summed E-state index contributed by atoms with van der Waals surface area (Å²) in [5, 5.41) is 0. The second-order valence-electron chi connectivity index (χ2n) is 6.51. The summed E-state index contributed by atoms with van der Waals surface area (Å²) in [6.07, 6.45) is 5.09. The Morgan fingerprint density at radius 1 is 1.33 bits per heavy atom. The summed E-state index contributed by atoms with van der Waals surface area (Å²) in [4.78, 5) is 11.7. The molecule has 2 aromatic rings. The monoisotopic (exact) mass is 306 g/mol. The van der Waals surface area contributed by atoms with E-state index in [0.29, 0.717) is 11.3 Å². The van der Waals surface area contributed by atoms with Crippen LogP contribution in [0.25, 0.3) is 11.2 Å². The number of hydrogen-bond donors (Lipinski definition) is 0. The van der Waals surface area contributed by atoms with Crippen molar-refractivity contribution < 1.29 is 0 Å². The number of hydrogen-bond acceptors (Lipinski definition) is 3. The predicted molar refractivity (Wildman–Crippen MR) is 86.8 cm³/mol. The minimum absolute atomic E-state index is 0.318. The van der Waals surface area contributed by atoms with Gasteiger partial charge in [0.1, 0.15) is 11.3 Å². The van der Waals surface area contributed by atoms with E-state index in [1.165, 1.54) is 25.9 Å². The predicted octanol–water partition coefficient (Wildman–Crippen LogP) is 2.94. The fraction of sp³-hybridized carbons (Fsp3) is 0.625. The number of likely N-dealkylation sites (tertiary alicyclic amines) is 1. The van der Waals surface area contributed by atoms with Crippen LogP contribution in [0.15, 0.2) is 18.3 Å². The number of piperidine rings is 1. The van der Waals surface area contributed by atoms with Gasteiger partial charge in [-0.05, 0) is 50.5 Å². The highest BCUT2D eigenvalue weighted by atomic mass is 35.5. The average Bonchev–Trinajstić information content (AvgIpc) is 2.81. The molecule has 0 aliphatic carbocycles. The van der Waals surface area contributed by atoms with Crippen LogP contribution in [-0.4, -0.2) is 45.5 Å². The van der Waals surface area contributed by atoms with Crippen molar-refractivity contribution in [3.05, 3.63) is 24.2 Å². The van der Waals surface area contributed by atoms with Gasteiger partial charge in [-0.15, -0.1) is 11.6 Å². The van der Waals surface area contributed by atoms with Gasteiger partial charge in [0.25, 0.3) is 0 Å². The second kappa shape index (κ2) is 5.93. The summed E-state index contributed by atoms with van der Waals surface area (Å²) >= 11 is 5.95. The van der Waals surface area contributed by atoms with Gasteiger partial charge in [-0.3, -0.25) is 0 Å². The Morgan fingerprint density at radius 3 is 2.81 bits per heavy atom. The zero-order valence-electron chi connectivity index (χ0n) is 12.8. The van der Waals surface area contributed by atoms with Gasteiger partial charge < -0.3 is 9.47 Å². The minimum Gasteiger partial charge on any atom is -0.312 e. The number of pyridine rings is 1. The summed E-state index contributed by atoms with van der Waals surface area (Å²) in [7, 11) is 2.20. The standard InChI is InChI=1S/C16H23ClN4/c1-16(6-10-20(2)11-7-16)12-21-14(5-8-17)19-13-4-3-9-18-15(13)21/h3-4,9H,5-8,10-12H2,1-2H3. The Balaban J connectivity index is 1.93. The molecule has 1 aliphatic rings. The molecule has 1 aliphatic heterocycles. The van der Waals surface area contributed by atoms with Crippen LogP contribution in [0, 0.1) is 5.41 Å². The molecule has 0 radical (unpaired) electrons. The van der Waals surface area contributed by atoms with Gasteiger partial charge in [0.2, 0.25) is 0 Å². The fourth-order valence-corrected chi connectivity index (χ4v) is 3.31. The quantitative estimate of drug-likeness (QED) is 0.815. The molecule has 21 heavy (non-hydrogen) atoms. The third-order valence-corrected chi connectivity index (χ3v) is 4.82. The Bertz CT molecular complexity index is 614. The maximum Gasteiger partial charge on any atom is 0.160 e. The molecule has 2 aromatic heterocycles. The lowest BCUT2D eigenvalue weighted by molar-refractivity contribution is 0.121. The van der Waals surface area contributed by atoms with Crippen molar-refractivity contribution in [3.8, 4) is 0 Å². The molecule has 0 bridgehead atoms. The number of nitrogens with zero attached hydrogens (tertiary/aromatic N) is 4. The van der Waals surface area contributed by atoms with Gasteiger partial charge in [-0.25, -0.2) is 9.97 Å². The highest BCUT2D eigenvalue weighted by Gasteiger charge is 2.30. The van der Waals surface area contributed by atoms with E-state index in [1.54, 1.807) is 0 Å². The van der Waals surface area contributed by atoms with Crippen LogP contribution in [-0.2, 0) is 13.0 Å². The molecular weight excluding hydrogens is 284 g/mol. The third-order valence-electron chi connectivity index (χ3n) is 4.63. The topological polar surface area (TPSA) is 34.0 Å². The molecule has 5 heteroatoms. The van der Waals surface area contributed by atoms with E-state index < -0.39 is 0 Å². The summed E-state index contributed by atoms with van der Waals surface area (Å²) < 4.78 is 2.29. The summed E-state index contributed by atoms with van der Waals surface area (Å²) in [5.41, 5.74) is 2.30. The van der Waals surface area contributed by atoms with Gasteiger partial charge in [-0.1, -0.05) is 6.92 Å². The Morgan fingerprint density at radius 2 is 2.10 bits per heavy atom. The zero-order chi connectivity index (χ0) is 14.9. The molecule has 0 amide bonds. The average molecular weight is 307 g/mol. The normalized spacial score (nSPS) is 19.2. The van der Waals surface area contributed by atoms with Crippen molar-refractivity contribution >= 4 is 22.8 Å². The Hall–Kier alpha value is -1.13. The lowest BCUT2D eigenvalue weighted by atomic mass is 9.80. The van der Waals surface area contributed by atoms with Crippen molar-refractivity contribution in [2.24, 2.45) is 5.41 Å². The number of halogens is 1. The first kappa shape index (κ1) is 14.8. The van der Waals surface area contributed by atoms with E-state index in [9.17, 15) is 0 Å². The van der Waals surface area contributed by atoms with Gasteiger partial charge in [0.15, 0.2) is 5.65 Å². The first-order valence-corrected chi connectivity index (χ1v) is 8.19. The largest absolute Gasteiger partial charge is 0.312 e. The van der Waals surface area contributed by atoms with Gasteiger partial charge in [0.05, 0.1) is 0 Å². The molecule has 0 unspecified atom stereocenters. The molecule has 0 atom stereocenters. The number of alkyl halides is 1. The highest BCUT2D eigenvalue weighted by Crippen LogP contribution is 2.33. The first-order valence-electron chi connectivity index (χ1n) is 7.66. The van der Waals surface area contributed by atoms with Gasteiger partial charge in [-0.2, -0.15) is 0 Å². The van der Waals surface area contributed by atoms with E-state index >= 15 is 0 Å². The Kier molecular flexibility index (Phi) is 4.18. The van der Waals surface area contributed by atoms with Crippen molar-refractivity contribution in [1.82, 2.24) is 19.4 Å². The highest BCUT2D eigenvalue weighted by molar-refractivity contribution is 6.17. The lowest BCUT2D eigenvalue weighted by Gasteiger charge is -2.38. The molecule has 0 aromatic carbocycles. The van der Waals surface area contributed by atoms with Crippen molar-refractivity contribution in [3.63, 3.8) is 0 Å². The number of imidazole rings is 1. The van der Waals surface area contributed by atoms with Crippen molar-refractivity contribution in [1.29, 1.82) is 0 Å². The van der Waals surface area contributed by atoms with E-state index in [2.05, 4.69) is 28.4 Å². The number of aromatic nitrogens is 3. The molecule has 4 nitrogen and oxygen atoms in total. The summed E-state index contributed by atoms with van der Waals surface area (Å²) in [6.45, 7) is 5.71. The summed E-state index contributed by atoms with van der Waals surface area (Å²) in [6, 6.07) is 3.98. The lowest BCUT2D eigenvalue weighted by Crippen LogP contribution is -2.38. The molecule has 0 N–H and O–H groups in total. The molecular formula is C16H23ClN4. The molecule has 1 fully saturated rings. The number of fused-ring (bicyclic) bond motifs is 1. The molecule has 1 saturated heterocycles. The smallest absolute Gasteiger partial charge is 0.160 e. The van der Waals surface area contributed by atoms with Crippen LogP contribution in [0.3, 0.4) is 0 Å². The molecule has 114 valence electrons. The van der Waals surface area contributed by atoms with E-state index in [-0.39, 0.29) is 0 Å². The SMILES string of the molecule is CN1CCC(C)(Cn2c(CCCl)nc3cccnc32)CC1. The first-order chi connectivity index (χ1) is 10.1. The van der Waals surface area contributed by atoms with Crippen LogP contribution in [0.5, 0.6) is 0 Å². The van der Waals surface area contributed by atoms with Gasteiger partial charge in [0, 0.05) is 25.0 Å². The minimum atomic E-state index is 0.318. The van der Waals surface area contributed by atoms with Crippen LogP contribution < -0.4 is 0 Å². The molecule has 3 rings (SSSR count). The zero-order valence-corrected chi connectivity index (χ0v) is 13.6. The maximum atomic E-state index is 5.95. The molecule has 0 saturated carbocycles. The van der Waals surface area contributed by atoms with Crippen LogP contribution >= 0.6 is 11.6 Å². The van der Waals surface area contributed by atoms with E-state index in [0.717, 1.165) is 30.0 Å². The van der Waals surface area contributed by atoms with Crippen LogP contribution in [0.2, 0.25) is 0 Å². The second-order valence-corrected chi connectivity index (χ2v) is 6.89. The Labute approximate surface area is 131 Å². The number of aryl methyl sites for hydroxylation is 1. The van der Waals surface area contributed by atoms with Crippen molar-refractivity contribution in [2.75, 3.05) is 26.0 Å². The van der Waals surface area contributed by atoms with Gasteiger partial charge >= 0.3 is 0 Å². The van der Waals surface area contributed by atoms with E-state index in [4.69, 9.17) is 16.6 Å². The fourth-order valence-electron chi connectivity index (χ4n) is 3.15. The van der Waals surface area contributed by atoms with Crippen molar-refractivity contribution in [2.45, 2.75) is 32.7 Å². The van der Waals surface area contributed by atoms with Crippen LogP contribution in [0.4, 0.5) is 0 Å². The maximum absolute atomic E-state index is 5.95. The molecule has 3 heterocycles. The molecule has 0 spiro atoms. The third kappa shape index (κ3) is 3.06. The summed E-state index contributed by atoms with van der Waals surface area (Å²) in [5.74, 6) is 1.67. The van der Waals surface area contributed by atoms with E-state index in [1.807, 2.05) is 18.3 Å². The van der Waals surface area contributed by atoms with Crippen LogP contribution in [0.1, 0.15) is 25.6 Å².